The zero-order valence-corrected chi connectivity index (χ0v) is 21.6. The van der Waals surface area contributed by atoms with E-state index in [4.69, 9.17) is 16.3 Å². The number of hydrogen-bond acceptors (Lipinski definition) is 3. The van der Waals surface area contributed by atoms with Crippen LogP contribution >= 0.6 is 11.6 Å². The van der Waals surface area contributed by atoms with E-state index in [-0.39, 0.29) is 25.0 Å². The van der Waals surface area contributed by atoms with Gasteiger partial charge in [0.05, 0.1) is 0 Å². The molecule has 0 aliphatic carbocycles. The number of benzene rings is 3. The number of amides is 2. The Hall–Kier alpha value is -3.31. The molecule has 2 amide bonds. The van der Waals surface area contributed by atoms with E-state index in [0.717, 1.165) is 27.8 Å². The first-order valence-electron chi connectivity index (χ1n) is 11.8. The lowest BCUT2D eigenvalue weighted by molar-refractivity contribution is -0.142. The van der Waals surface area contributed by atoms with Crippen LogP contribution in [0.4, 0.5) is 0 Å². The van der Waals surface area contributed by atoms with Crippen molar-refractivity contribution in [1.29, 1.82) is 0 Å². The van der Waals surface area contributed by atoms with Gasteiger partial charge >= 0.3 is 0 Å². The molecule has 0 aliphatic heterocycles. The van der Waals surface area contributed by atoms with Crippen LogP contribution in [0.5, 0.6) is 5.75 Å². The van der Waals surface area contributed by atoms with Crippen molar-refractivity contribution < 1.29 is 14.3 Å². The van der Waals surface area contributed by atoms with Crippen molar-refractivity contribution in [2.24, 2.45) is 0 Å². The summed E-state index contributed by atoms with van der Waals surface area (Å²) in [5.74, 6) is 0.229. The maximum atomic E-state index is 13.6. The highest BCUT2D eigenvalue weighted by Crippen LogP contribution is 2.24. The molecule has 1 atom stereocenters. The molecule has 35 heavy (non-hydrogen) atoms. The van der Waals surface area contributed by atoms with Crippen LogP contribution in [0, 0.1) is 20.8 Å². The van der Waals surface area contributed by atoms with Gasteiger partial charge in [-0.3, -0.25) is 9.59 Å². The highest BCUT2D eigenvalue weighted by atomic mass is 35.5. The van der Waals surface area contributed by atoms with E-state index in [2.05, 4.69) is 11.4 Å². The van der Waals surface area contributed by atoms with Crippen LogP contribution in [0.2, 0.25) is 5.02 Å². The second-order valence-electron chi connectivity index (χ2n) is 8.74. The third-order valence-corrected chi connectivity index (χ3v) is 6.26. The average Bonchev–Trinajstić information content (AvgIpc) is 2.84. The topological polar surface area (TPSA) is 58.6 Å². The SMILES string of the molecule is CCNC(=O)C(Cc1ccccc1)N(Cc1ccc(Cl)cc1)C(=O)COc1cc(C)cc(C)c1C. The van der Waals surface area contributed by atoms with Crippen LogP contribution in [-0.2, 0) is 22.6 Å². The largest absolute Gasteiger partial charge is 0.483 e. The molecule has 0 saturated carbocycles. The van der Waals surface area contributed by atoms with Crippen LogP contribution in [0.15, 0.2) is 66.7 Å². The Balaban J connectivity index is 1.91. The Labute approximate surface area is 213 Å². The van der Waals surface area contributed by atoms with Gasteiger partial charge in [-0.25, -0.2) is 0 Å². The number of likely N-dealkylation sites (N-methyl/N-ethyl adjacent to an activating group) is 1. The minimum absolute atomic E-state index is 0.165. The van der Waals surface area contributed by atoms with Gasteiger partial charge in [-0.05, 0) is 73.7 Å². The van der Waals surface area contributed by atoms with E-state index < -0.39 is 6.04 Å². The normalized spacial score (nSPS) is 11.6. The molecule has 0 spiro atoms. The first-order chi connectivity index (χ1) is 16.8. The number of nitrogens with zero attached hydrogens (tertiary/aromatic N) is 1. The van der Waals surface area contributed by atoms with Crippen molar-refractivity contribution in [2.75, 3.05) is 13.2 Å². The van der Waals surface area contributed by atoms with Gasteiger partial charge in [0.15, 0.2) is 6.61 Å². The smallest absolute Gasteiger partial charge is 0.261 e. The van der Waals surface area contributed by atoms with E-state index >= 15 is 0 Å². The lowest BCUT2D eigenvalue weighted by Crippen LogP contribution is -2.51. The molecule has 3 aromatic rings. The molecular weight excluding hydrogens is 460 g/mol. The minimum Gasteiger partial charge on any atom is -0.483 e. The predicted octanol–water partition coefficient (Wildman–Crippen LogP) is 5.42. The molecule has 0 aromatic heterocycles. The summed E-state index contributed by atoms with van der Waals surface area (Å²) in [5.41, 5.74) is 5.03. The van der Waals surface area contributed by atoms with Gasteiger partial charge < -0.3 is 15.0 Å². The molecule has 184 valence electrons. The molecular formula is C29H33ClN2O3. The molecule has 0 aliphatic rings. The minimum atomic E-state index is -0.690. The number of ether oxygens (including phenoxy) is 1. The van der Waals surface area contributed by atoms with Crippen LogP contribution in [-0.4, -0.2) is 35.9 Å². The number of carbonyl (C=O) groups is 2. The third kappa shape index (κ3) is 7.33. The third-order valence-electron chi connectivity index (χ3n) is 6.00. The molecule has 6 heteroatoms. The number of aryl methyl sites for hydroxylation is 2. The van der Waals surface area contributed by atoms with E-state index in [0.29, 0.717) is 23.7 Å². The number of carbonyl (C=O) groups excluding carboxylic acids is 2. The fourth-order valence-corrected chi connectivity index (χ4v) is 4.13. The van der Waals surface area contributed by atoms with Gasteiger partial charge in [-0.1, -0.05) is 60.1 Å². The number of rotatable bonds is 10. The van der Waals surface area contributed by atoms with E-state index in [1.54, 1.807) is 17.0 Å². The Morgan fingerprint density at radius 1 is 0.971 bits per heavy atom. The van der Waals surface area contributed by atoms with Crippen molar-refractivity contribution in [1.82, 2.24) is 10.2 Å². The van der Waals surface area contributed by atoms with Crippen molar-refractivity contribution in [3.63, 3.8) is 0 Å². The standard InChI is InChI=1S/C29H33ClN2O3/c1-5-31-29(34)26(17-23-9-7-6-8-10-23)32(18-24-11-13-25(30)14-12-24)28(33)19-35-27-16-20(2)15-21(3)22(27)4/h6-16,26H,5,17-19H2,1-4H3,(H,31,34). The molecule has 3 aromatic carbocycles. The zero-order chi connectivity index (χ0) is 25.4. The summed E-state index contributed by atoms with van der Waals surface area (Å²) in [6.45, 7) is 8.45. The summed E-state index contributed by atoms with van der Waals surface area (Å²) in [6.07, 6.45) is 0.397. The quantitative estimate of drug-likeness (QED) is 0.411. The second kappa shape index (κ2) is 12.4. The predicted molar refractivity (Wildman–Crippen MR) is 141 cm³/mol. The van der Waals surface area contributed by atoms with Crippen molar-refractivity contribution >= 4 is 23.4 Å². The fourth-order valence-electron chi connectivity index (χ4n) is 4.01. The highest BCUT2D eigenvalue weighted by molar-refractivity contribution is 6.30. The van der Waals surface area contributed by atoms with E-state index in [9.17, 15) is 9.59 Å². The fraction of sp³-hybridized carbons (Fsp3) is 0.310. The lowest BCUT2D eigenvalue weighted by Gasteiger charge is -2.31. The number of hydrogen-bond donors (Lipinski definition) is 1. The van der Waals surface area contributed by atoms with Crippen molar-refractivity contribution in [3.8, 4) is 5.75 Å². The Kier molecular flexibility index (Phi) is 9.32. The molecule has 0 bridgehead atoms. The highest BCUT2D eigenvalue weighted by Gasteiger charge is 2.30. The van der Waals surface area contributed by atoms with Crippen molar-refractivity contribution in [3.05, 3.63) is 99.6 Å². The molecule has 0 fully saturated rings. The van der Waals surface area contributed by atoms with Crippen LogP contribution in [0.25, 0.3) is 0 Å². The number of halogens is 1. The summed E-state index contributed by atoms with van der Waals surface area (Å²) < 4.78 is 5.99. The zero-order valence-electron chi connectivity index (χ0n) is 20.8. The molecule has 3 rings (SSSR count). The van der Waals surface area contributed by atoms with Gasteiger partial charge in [-0.2, -0.15) is 0 Å². The summed E-state index contributed by atoms with van der Waals surface area (Å²) in [6, 6.07) is 20.4. The molecule has 0 saturated heterocycles. The molecule has 0 radical (unpaired) electrons. The van der Waals surface area contributed by atoms with Gasteiger partial charge in [0.1, 0.15) is 11.8 Å². The Morgan fingerprint density at radius 2 is 1.66 bits per heavy atom. The van der Waals surface area contributed by atoms with E-state index in [1.165, 1.54) is 0 Å². The summed E-state index contributed by atoms with van der Waals surface area (Å²) >= 11 is 6.07. The van der Waals surface area contributed by atoms with Gasteiger partial charge in [0.2, 0.25) is 5.91 Å². The first kappa shape index (κ1) is 26.3. The van der Waals surface area contributed by atoms with E-state index in [1.807, 2.05) is 76.2 Å². The summed E-state index contributed by atoms with van der Waals surface area (Å²) in [7, 11) is 0. The van der Waals surface area contributed by atoms with Gasteiger partial charge in [0, 0.05) is 24.5 Å². The second-order valence-corrected chi connectivity index (χ2v) is 9.18. The molecule has 5 nitrogen and oxygen atoms in total. The molecule has 1 unspecified atom stereocenters. The van der Waals surface area contributed by atoms with Crippen LogP contribution in [0.1, 0.15) is 34.7 Å². The lowest BCUT2D eigenvalue weighted by atomic mass is 10.0. The van der Waals surface area contributed by atoms with Gasteiger partial charge in [0.25, 0.3) is 5.91 Å². The maximum absolute atomic E-state index is 13.6. The first-order valence-corrected chi connectivity index (χ1v) is 12.2. The maximum Gasteiger partial charge on any atom is 0.261 e. The molecule has 1 N–H and O–H groups in total. The number of nitrogens with one attached hydrogen (secondary N) is 1. The van der Waals surface area contributed by atoms with Crippen LogP contribution < -0.4 is 10.1 Å². The Bertz CT molecular complexity index is 1150. The van der Waals surface area contributed by atoms with Gasteiger partial charge in [-0.15, -0.1) is 0 Å². The monoisotopic (exact) mass is 492 g/mol. The summed E-state index contributed by atoms with van der Waals surface area (Å²) in [5, 5.41) is 3.51. The van der Waals surface area contributed by atoms with Crippen LogP contribution in [0.3, 0.4) is 0 Å². The Morgan fingerprint density at radius 3 is 2.31 bits per heavy atom. The molecule has 0 heterocycles. The van der Waals surface area contributed by atoms with Crippen molar-refractivity contribution in [2.45, 2.75) is 46.7 Å². The average molecular weight is 493 g/mol. The summed E-state index contributed by atoms with van der Waals surface area (Å²) in [4.78, 5) is 28.4.